The van der Waals surface area contributed by atoms with E-state index >= 15 is 0 Å². The summed E-state index contributed by atoms with van der Waals surface area (Å²) in [6, 6.07) is 15.0. The van der Waals surface area contributed by atoms with Crippen molar-refractivity contribution in [2.24, 2.45) is 0 Å². The van der Waals surface area contributed by atoms with Crippen molar-refractivity contribution in [3.8, 4) is 11.4 Å². The number of imidazole rings is 1. The summed E-state index contributed by atoms with van der Waals surface area (Å²) < 4.78 is 2.20. The summed E-state index contributed by atoms with van der Waals surface area (Å²) in [6.07, 6.45) is 3.91. The van der Waals surface area contributed by atoms with Crippen LogP contribution in [0.15, 0.2) is 60.2 Å². The van der Waals surface area contributed by atoms with Gasteiger partial charge in [0.2, 0.25) is 0 Å². The van der Waals surface area contributed by atoms with Crippen molar-refractivity contribution in [2.75, 3.05) is 6.54 Å². The summed E-state index contributed by atoms with van der Waals surface area (Å²) >= 11 is 1.80. The van der Waals surface area contributed by atoms with E-state index in [1.54, 1.807) is 11.3 Å². The number of aromatic nitrogens is 2. The minimum absolute atomic E-state index is 0.397. The first-order valence-electron chi connectivity index (χ1n) is 7.18. The van der Waals surface area contributed by atoms with Gasteiger partial charge < -0.3 is 9.88 Å². The molecule has 0 aliphatic carbocycles. The van der Waals surface area contributed by atoms with Gasteiger partial charge in [-0.05, 0) is 18.4 Å². The standard InChI is InChI=1S/C17H19N3S/c1-14(16-8-5-13-21-16)18-9-11-20-12-10-19-17(20)15-6-3-2-4-7-15/h2-8,10,12-14,18H,9,11H2,1H3. The van der Waals surface area contributed by atoms with Crippen LogP contribution in [0.4, 0.5) is 0 Å². The van der Waals surface area contributed by atoms with E-state index in [0.29, 0.717) is 6.04 Å². The van der Waals surface area contributed by atoms with Crippen LogP contribution in [0.3, 0.4) is 0 Å². The maximum Gasteiger partial charge on any atom is 0.139 e. The molecule has 21 heavy (non-hydrogen) atoms. The van der Waals surface area contributed by atoms with E-state index in [2.05, 4.69) is 51.4 Å². The Morgan fingerprint density at radius 3 is 2.81 bits per heavy atom. The molecule has 3 aromatic rings. The van der Waals surface area contributed by atoms with Crippen LogP contribution in [-0.4, -0.2) is 16.1 Å². The molecular formula is C17H19N3S. The minimum Gasteiger partial charge on any atom is -0.330 e. The molecule has 1 atom stereocenters. The van der Waals surface area contributed by atoms with Gasteiger partial charge >= 0.3 is 0 Å². The lowest BCUT2D eigenvalue weighted by atomic mass is 10.2. The lowest BCUT2D eigenvalue weighted by Gasteiger charge is -2.13. The normalized spacial score (nSPS) is 12.4. The van der Waals surface area contributed by atoms with E-state index in [4.69, 9.17) is 0 Å². The molecule has 0 radical (unpaired) electrons. The lowest BCUT2D eigenvalue weighted by molar-refractivity contribution is 0.538. The smallest absolute Gasteiger partial charge is 0.139 e. The third-order valence-corrected chi connectivity index (χ3v) is 4.58. The second kappa shape index (κ2) is 6.70. The Morgan fingerprint density at radius 1 is 1.19 bits per heavy atom. The molecule has 0 amide bonds. The van der Waals surface area contributed by atoms with Gasteiger partial charge in [-0.25, -0.2) is 4.98 Å². The highest BCUT2D eigenvalue weighted by atomic mass is 32.1. The summed E-state index contributed by atoms with van der Waals surface area (Å²) in [7, 11) is 0. The predicted octanol–water partition coefficient (Wildman–Crippen LogP) is 3.96. The zero-order valence-electron chi connectivity index (χ0n) is 12.1. The molecule has 1 aromatic carbocycles. The molecule has 108 valence electrons. The van der Waals surface area contributed by atoms with Crippen molar-refractivity contribution >= 4 is 11.3 Å². The zero-order chi connectivity index (χ0) is 14.5. The molecule has 0 bridgehead atoms. The van der Waals surface area contributed by atoms with E-state index in [0.717, 1.165) is 24.5 Å². The van der Waals surface area contributed by atoms with Crippen LogP contribution in [0.1, 0.15) is 17.8 Å². The Balaban J connectivity index is 1.61. The number of rotatable bonds is 6. The van der Waals surface area contributed by atoms with Gasteiger partial charge in [-0.3, -0.25) is 0 Å². The molecule has 0 aliphatic heterocycles. The Morgan fingerprint density at radius 2 is 2.05 bits per heavy atom. The van der Waals surface area contributed by atoms with E-state index in [1.807, 2.05) is 30.6 Å². The molecule has 2 aromatic heterocycles. The van der Waals surface area contributed by atoms with Crippen molar-refractivity contribution < 1.29 is 0 Å². The fraction of sp³-hybridized carbons (Fsp3) is 0.235. The SMILES string of the molecule is CC(NCCn1ccnc1-c1ccccc1)c1cccs1. The van der Waals surface area contributed by atoms with Gasteiger partial charge in [-0.15, -0.1) is 11.3 Å². The monoisotopic (exact) mass is 297 g/mol. The largest absolute Gasteiger partial charge is 0.330 e. The topological polar surface area (TPSA) is 29.9 Å². The molecule has 3 rings (SSSR count). The van der Waals surface area contributed by atoms with Gasteiger partial charge in [0.25, 0.3) is 0 Å². The third kappa shape index (κ3) is 3.40. The van der Waals surface area contributed by atoms with Crippen molar-refractivity contribution in [1.82, 2.24) is 14.9 Å². The summed E-state index contributed by atoms with van der Waals surface area (Å²) in [5, 5.41) is 5.69. The summed E-state index contributed by atoms with van der Waals surface area (Å²) in [5.41, 5.74) is 1.16. The molecule has 0 spiro atoms. The Labute approximate surface area is 129 Å². The van der Waals surface area contributed by atoms with Crippen LogP contribution < -0.4 is 5.32 Å². The molecule has 0 fully saturated rings. The molecule has 0 aliphatic rings. The zero-order valence-corrected chi connectivity index (χ0v) is 12.9. The van der Waals surface area contributed by atoms with E-state index in [1.165, 1.54) is 4.88 Å². The Hall–Kier alpha value is -1.91. The summed E-state index contributed by atoms with van der Waals surface area (Å²) in [6.45, 7) is 4.05. The van der Waals surface area contributed by atoms with Crippen LogP contribution in [0.2, 0.25) is 0 Å². The van der Waals surface area contributed by atoms with Crippen molar-refractivity contribution in [3.63, 3.8) is 0 Å². The first-order valence-corrected chi connectivity index (χ1v) is 8.06. The fourth-order valence-corrected chi connectivity index (χ4v) is 3.14. The number of thiophene rings is 1. The number of nitrogens with zero attached hydrogens (tertiary/aromatic N) is 2. The maximum atomic E-state index is 4.47. The van der Waals surface area contributed by atoms with E-state index < -0.39 is 0 Å². The molecular weight excluding hydrogens is 278 g/mol. The molecule has 1 N–H and O–H groups in total. The third-order valence-electron chi connectivity index (χ3n) is 3.52. The summed E-state index contributed by atoms with van der Waals surface area (Å²) in [4.78, 5) is 5.85. The lowest BCUT2D eigenvalue weighted by Crippen LogP contribution is -2.22. The first kappa shape index (κ1) is 14.0. The summed E-state index contributed by atoms with van der Waals surface area (Å²) in [5.74, 6) is 1.03. The molecule has 0 saturated heterocycles. The minimum atomic E-state index is 0.397. The second-order valence-corrected chi connectivity index (χ2v) is 5.98. The number of nitrogens with one attached hydrogen (secondary N) is 1. The van der Waals surface area contributed by atoms with Crippen LogP contribution in [0.25, 0.3) is 11.4 Å². The number of benzene rings is 1. The Bertz CT molecular complexity index is 658. The first-order chi connectivity index (χ1) is 10.3. The van der Waals surface area contributed by atoms with Crippen LogP contribution in [-0.2, 0) is 6.54 Å². The average Bonchev–Trinajstić information content (AvgIpc) is 3.20. The quantitative estimate of drug-likeness (QED) is 0.746. The second-order valence-electron chi connectivity index (χ2n) is 5.00. The van der Waals surface area contributed by atoms with Gasteiger partial charge in [0.05, 0.1) is 0 Å². The highest BCUT2D eigenvalue weighted by Crippen LogP contribution is 2.19. The molecule has 0 saturated carbocycles. The van der Waals surface area contributed by atoms with Crippen molar-refractivity contribution in [1.29, 1.82) is 0 Å². The van der Waals surface area contributed by atoms with Gasteiger partial charge in [-0.1, -0.05) is 36.4 Å². The van der Waals surface area contributed by atoms with Gasteiger partial charge in [0.1, 0.15) is 5.82 Å². The van der Waals surface area contributed by atoms with Gasteiger partial charge in [0, 0.05) is 42.0 Å². The van der Waals surface area contributed by atoms with Crippen molar-refractivity contribution in [3.05, 3.63) is 65.1 Å². The van der Waals surface area contributed by atoms with Crippen LogP contribution in [0, 0.1) is 0 Å². The Kier molecular flexibility index (Phi) is 4.48. The number of hydrogen-bond donors (Lipinski definition) is 1. The number of hydrogen-bond acceptors (Lipinski definition) is 3. The maximum absolute atomic E-state index is 4.47. The highest BCUT2D eigenvalue weighted by Gasteiger charge is 2.07. The predicted molar refractivity (Wildman–Crippen MR) is 88.4 cm³/mol. The van der Waals surface area contributed by atoms with E-state index in [-0.39, 0.29) is 0 Å². The average molecular weight is 297 g/mol. The fourth-order valence-electron chi connectivity index (χ4n) is 2.38. The highest BCUT2D eigenvalue weighted by molar-refractivity contribution is 7.10. The van der Waals surface area contributed by atoms with Gasteiger partial charge in [-0.2, -0.15) is 0 Å². The van der Waals surface area contributed by atoms with Gasteiger partial charge in [0.15, 0.2) is 0 Å². The molecule has 4 heteroatoms. The molecule has 1 unspecified atom stereocenters. The molecule has 2 heterocycles. The van der Waals surface area contributed by atoms with Crippen LogP contribution >= 0.6 is 11.3 Å². The molecule has 3 nitrogen and oxygen atoms in total. The van der Waals surface area contributed by atoms with Crippen LogP contribution in [0.5, 0.6) is 0 Å². The van der Waals surface area contributed by atoms with Crippen molar-refractivity contribution in [2.45, 2.75) is 19.5 Å². The van der Waals surface area contributed by atoms with E-state index in [9.17, 15) is 0 Å².